The minimum Gasteiger partial charge on any atom is -0.106 e. The van der Waals surface area contributed by atoms with Gasteiger partial charge < -0.3 is 0 Å². The van der Waals surface area contributed by atoms with E-state index in [0.29, 0.717) is 0 Å². The molecule has 78 valence electrons. The van der Waals surface area contributed by atoms with Crippen LogP contribution in [-0.4, -0.2) is 0 Å². The molecule has 0 fully saturated rings. The van der Waals surface area contributed by atoms with Gasteiger partial charge in [0.2, 0.25) is 0 Å². The minimum absolute atomic E-state index is 1.00. The van der Waals surface area contributed by atoms with E-state index < -0.39 is 0 Å². The van der Waals surface area contributed by atoms with Gasteiger partial charge in [-0.25, -0.2) is 0 Å². The van der Waals surface area contributed by atoms with Gasteiger partial charge in [0.15, 0.2) is 0 Å². The quantitative estimate of drug-likeness (QED) is 0.440. The average Bonchev–Trinajstić information content (AvgIpc) is 2.22. The first kappa shape index (κ1) is 15.2. The zero-order valence-corrected chi connectivity index (χ0v) is 9.77. The molecule has 14 heavy (non-hydrogen) atoms. The summed E-state index contributed by atoms with van der Waals surface area (Å²) in [5.41, 5.74) is 3.67. The van der Waals surface area contributed by atoms with Crippen LogP contribution in [0.15, 0.2) is 61.3 Å². The normalized spacial score (nSPS) is 11.4. The van der Waals surface area contributed by atoms with Crippen LogP contribution in [0.4, 0.5) is 0 Å². The molecule has 0 N–H and O–H groups in total. The summed E-state index contributed by atoms with van der Waals surface area (Å²) in [7, 11) is 0. The van der Waals surface area contributed by atoms with Crippen molar-refractivity contribution < 1.29 is 0 Å². The lowest BCUT2D eigenvalue weighted by molar-refractivity contribution is 1.11. The third-order valence-corrected chi connectivity index (χ3v) is 1.89. The van der Waals surface area contributed by atoms with Crippen LogP contribution >= 0.6 is 0 Å². The van der Waals surface area contributed by atoms with Crippen molar-refractivity contribution in [1.29, 1.82) is 0 Å². The molecule has 0 amide bonds. The summed E-state index contributed by atoms with van der Waals surface area (Å²) >= 11 is 0. The van der Waals surface area contributed by atoms with Crippen molar-refractivity contribution in [2.45, 2.75) is 27.2 Å². The van der Waals surface area contributed by atoms with E-state index in [2.05, 4.69) is 46.2 Å². The lowest BCUT2D eigenvalue weighted by Crippen LogP contribution is -1.88. The summed E-state index contributed by atoms with van der Waals surface area (Å²) in [4.78, 5) is 0. The third kappa shape index (κ3) is 5.36. The highest BCUT2D eigenvalue weighted by molar-refractivity contribution is 5.44. The van der Waals surface area contributed by atoms with Crippen molar-refractivity contribution in [3.05, 3.63) is 61.3 Å². The van der Waals surface area contributed by atoms with E-state index in [4.69, 9.17) is 0 Å². The second-order valence-electron chi connectivity index (χ2n) is 2.74. The van der Waals surface area contributed by atoms with E-state index >= 15 is 0 Å². The van der Waals surface area contributed by atoms with E-state index in [1.54, 1.807) is 0 Å². The Morgan fingerprint density at radius 1 is 1.29 bits per heavy atom. The average molecular weight is 190 g/mol. The van der Waals surface area contributed by atoms with Crippen molar-refractivity contribution in [3.63, 3.8) is 0 Å². The fourth-order valence-electron chi connectivity index (χ4n) is 1.17. The van der Waals surface area contributed by atoms with Crippen LogP contribution in [-0.2, 0) is 0 Å². The Morgan fingerprint density at radius 2 is 1.79 bits per heavy atom. The molecule has 0 spiro atoms. The number of allylic oxidation sites excluding steroid dienone is 6. The van der Waals surface area contributed by atoms with Gasteiger partial charge in [-0.15, -0.1) is 13.2 Å². The van der Waals surface area contributed by atoms with Crippen LogP contribution in [0.5, 0.6) is 0 Å². The van der Waals surface area contributed by atoms with Crippen molar-refractivity contribution in [3.8, 4) is 0 Å². The second-order valence-corrected chi connectivity index (χ2v) is 2.74. The SMILES string of the molecule is C=C.C=C/C=C(C)\C(=C/C)C(=C)CC. The van der Waals surface area contributed by atoms with Gasteiger partial charge in [0.1, 0.15) is 0 Å². The molecule has 0 aliphatic rings. The molecule has 0 saturated carbocycles. The molecule has 0 heteroatoms. The predicted molar refractivity (Wildman–Crippen MR) is 68.4 cm³/mol. The summed E-state index contributed by atoms with van der Waals surface area (Å²) in [5, 5.41) is 0. The van der Waals surface area contributed by atoms with Crippen LogP contribution in [0.25, 0.3) is 0 Å². The minimum atomic E-state index is 1.00. The molecule has 0 rings (SSSR count). The van der Waals surface area contributed by atoms with E-state index in [9.17, 15) is 0 Å². The maximum absolute atomic E-state index is 4.00. The molecular weight excluding hydrogens is 168 g/mol. The van der Waals surface area contributed by atoms with Crippen molar-refractivity contribution in [2.75, 3.05) is 0 Å². The standard InChI is InChI=1S/C12H18.C2H4/c1-6-9-11(5)12(8-3)10(4)7-2;1-2/h6,8-9H,1,4,7H2,2-3,5H3;1-2H2/b11-9-,12-8-;. The van der Waals surface area contributed by atoms with E-state index in [-0.39, 0.29) is 0 Å². The Bertz CT molecular complexity index is 239. The van der Waals surface area contributed by atoms with Gasteiger partial charge in [-0.2, -0.15) is 0 Å². The van der Waals surface area contributed by atoms with Gasteiger partial charge in [-0.05, 0) is 37.0 Å². The second kappa shape index (κ2) is 9.79. The Morgan fingerprint density at radius 3 is 2.07 bits per heavy atom. The first-order valence-corrected chi connectivity index (χ1v) is 4.81. The summed E-state index contributed by atoms with van der Waals surface area (Å²) in [6, 6.07) is 0. The summed E-state index contributed by atoms with van der Waals surface area (Å²) in [6.45, 7) is 19.9. The summed E-state index contributed by atoms with van der Waals surface area (Å²) < 4.78 is 0. The molecule has 0 bridgehead atoms. The molecule has 0 aromatic carbocycles. The molecular formula is C14H22. The van der Waals surface area contributed by atoms with Gasteiger partial charge in [0.25, 0.3) is 0 Å². The molecule has 0 unspecified atom stereocenters. The maximum Gasteiger partial charge on any atom is -0.0244 e. The highest BCUT2D eigenvalue weighted by Gasteiger charge is 2.00. The monoisotopic (exact) mass is 190 g/mol. The van der Waals surface area contributed by atoms with Crippen LogP contribution in [0.1, 0.15) is 27.2 Å². The molecule has 0 radical (unpaired) electrons. The fraction of sp³-hybridized carbons (Fsp3) is 0.286. The van der Waals surface area contributed by atoms with Crippen molar-refractivity contribution in [2.24, 2.45) is 0 Å². The number of rotatable bonds is 4. The number of hydrogen-bond acceptors (Lipinski definition) is 0. The molecule has 0 aromatic rings. The lowest BCUT2D eigenvalue weighted by atomic mass is 9.98. The first-order chi connectivity index (χ1) is 6.67. The molecule has 0 heterocycles. The van der Waals surface area contributed by atoms with Crippen LogP contribution < -0.4 is 0 Å². The fourth-order valence-corrected chi connectivity index (χ4v) is 1.17. The van der Waals surface area contributed by atoms with Gasteiger partial charge in [0.05, 0.1) is 0 Å². The van der Waals surface area contributed by atoms with Gasteiger partial charge in [-0.1, -0.05) is 38.3 Å². The third-order valence-electron chi connectivity index (χ3n) is 1.89. The van der Waals surface area contributed by atoms with E-state index in [0.717, 1.165) is 6.42 Å². The Balaban J connectivity index is 0. The maximum atomic E-state index is 4.00. The lowest BCUT2D eigenvalue weighted by Gasteiger charge is -2.08. The Hall–Kier alpha value is -1.30. The van der Waals surface area contributed by atoms with Gasteiger partial charge in [0, 0.05) is 0 Å². The first-order valence-electron chi connectivity index (χ1n) is 4.81. The topological polar surface area (TPSA) is 0 Å². The molecule has 0 nitrogen and oxygen atoms in total. The van der Waals surface area contributed by atoms with Crippen LogP contribution in [0.2, 0.25) is 0 Å². The van der Waals surface area contributed by atoms with Crippen molar-refractivity contribution in [1.82, 2.24) is 0 Å². The molecule has 0 aliphatic heterocycles. The molecule has 0 aromatic heterocycles. The van der Waals surface area contributed by atoms with Crippen LogP contribution in [0, 0.1) is 0 Å². The zero-order valence-electron chi connectivity index (χ0n) is 9.77. The molecule has 0 aliphatic carbocycles. The molecule has 0 atom stereocenters. The highest BCUT2D eigenvalue weighted by atomic mass is 14.1. The summed E-state index contributed by atoms with van der Waals surface area (Å²) in [6.07, 6.45) is 6.92. The Labute approximate surface area is 89.0 Å². The number of hydrogen-bond donors (Lipinski definition) is 0. The Kier molecular flexibility index (Phi) is 10.6. The molecule has 0 saturated heterocycles. The highest BCUT2D eigenvalue weighted by Crippen LogP contribution is 2.19. The van der Waals surface area contributed by atoms with Crippen LogP contribution in [0.3, 0.4) is 0 Å². The zero-order chi connectivity index (χ0) is 11.6. The van der Waals surface area contributed by atoms with Gasteiger partial charge in [-0.3, -0.25) is 0 Å². The predicted octanol–water partition coefficient (Wildman–Crippen LogP) is 4.83. The smallest absolute Gasteiger partial charge is 0.0244 e. The summed E-state index contributed by atoms with van der Waals surface area (Å²) in [5.74, 6) is 0. The van der Waals surface area contributed by atoms with Gasteiger partial charge >= 0.3 is 0 Å². The van der Waals surface area contributed by atoms with E-state index in [1.807, 2.05) is 19.1 Å². The van der Waals surface area contributed by atoms with Crippen molar-refractivity contribution >= 4 is 0 Å². The largest absolute Gasteiger partial charge is 0.106 e. The van der Waals surface area contributed by atoms with E-state index in [1.165, 1.54) is 16.7 Å².